The second kappa shape index (κ2) is 2.98. The SMILES string of the molecule is CNc1ccc2ccc(N)cc2c1. The van der Waals surface area contributed by atoms with Crippen molar-refractivity contribution in [1.82, 2.24) is 0 Å². The second-order valence-corrected chi connectivity index (χ2v) is 3.07. The molecule has 2 nitrogen and oxygen atoms in total. The number of fused-ring (bicyclic) bond motifs is 1. The quantitative estimate of drug-likeness (QED) is 0.648. The Hall–Kier alpha value is -1.70. The summed E-state index contributed by atoms with van der Waals surface area (Å²) in [6.07, 6.45) is 0. The molecule has 2 aromatic carbocycles. The maximum absolute atomic E-state index is 5.69. The monoisotopic (exact) mass is 172 g/mol. The average molecular weight is 172 g/mol. The summed E-state index contributed by atoms with van der Waals surface area (Å²) in [5.74, 6) is 0. The second-order valence-electron chi connectivity index (χ2n) is 3.07. The van der Waals surface area contributed by atoms with Crippen molar-refractivity contribution in [3.05, 3.63) is 36.4 Å². The van der Waals surface area contributed by atoms with E-state index in [2.05, 4.69) is 23.5 Å². The predicted molar refractivity (Wildman–Crippen MR) is 57.9 cm³/mol. The Morgan fingerprint density at radius 1 is 1.00 bits per heavy atom. The third-order valence-electron chi connectivity index (χ3n) is 2.15. The van der Waals surface area contributed by atoms with Crippen LogP contribution < -0.4 is 11.1 Å². The van der Waals surface area contributed by atoms with Crippen molar-refractivity contribution < 1.29 is 0 Å². The van der Waals surface area contributed by atoms with E-state index in [9.17, 15) is 0 Å². The van der Waals surface area contributed by atoms with Crippen molar-refractivity contribution in [3.63, 3.8) is 0 Å². The van der Waals surface area contributed by atoms with Crippen LogP contribution in [0.1, 0.15) is 0 Å². The fraction of sp³-hybridized carbons (Fsp3) is 0.0909. The van der Waals surface area contributed by atoms with Gasteiger partial charge in [0.05, 0.1) is 0 Å². The van der Waals surface area contributed by atoms with E-state index in [1.54, 1.807) is 0 Å². The molecule has 0 saturated carbocycles. The van der Waals surface area contributed by atoms with Crippen molar-refractivity contribution in [2.45, 2.75) is 0 Å². The van der Waals surface area contributed by atoms with E-state index in [0.29, 0.717) is 0 Å². The van der Waals surface area contributed by atoms with Crippen LogP contribution in [-0.2, 0) is 0 Å². The summed E-state index contributed by atoms with van der Waals surface area (Å²) in [7, 11) is 1.91. The minimum atomic E-state index is 0.806. The van der Waals surface area contributed by atoms with E-state index in [0.717, 1.165) is 11.4 Å². The molecule has 2 aromatic rings. The molecule has 2 heteroatoms. The number of nitrogens with one attached hydrogen (secondary N) is 1. The van der Waals surface area contributed by atoms with Crippen molar-refractivity contribution >= 4 is 22.1 Å². The van der Waals surface area contributed by atoms with Gasteiger partial charge in [-0.05, 0) is 35.0 Å². The Balaban J connectivity index is 2.68. The van der Waals surface area contributed by atoms with Gasteiger partial charge in [0.25, 0.3) is 0 Å². The first kappa shape index (κ1) is 7.92. The molecule has 0 bridgehead atoms. The zero-order valence-electron chi connectivity index (χ0n) is 7.54. The fourth-order valence-electron chi connectivity index (χ4n) is 1.42. The van der Waals surface area contributed by atoms with Gasteiger partial charge in [-0.25, -0.2) is 0 Å². The van der Waals surface area contributed by atoms with Crippen LogP contribution in [-0.4, -0.2) is 7.05 Å². The number of benzene rings is 2. The van der Waals surface area contributed by atoms with Crippen LogP contribution in [0.25, 0.3) is 10.8 Å². The van der Waals surface area contributed by atoms with E-state index in [-0.39, 0.29) is 0 Å². The zero-order valence-corrected chi connectivity index (χ0v) is 7.54. The van der Waals surface area contributed by atoms with Crippen LogP contribution in [0, 0.1) is 0 Å². The van der Waals surface area contributed by atoms with Gasteiger partial charge < -0.3 is 11.1 Å². The number of nitrogen functional groups attached to an aromatic ring is 1. The van der Waals surface area contributed by atoms with Gasteiger partial charge in [0, 0.05) is 18.4 Å². The summed E-state index contributed by atoms with van der Waals surface area (Å²) in [5, 5.41) is 5.49. The van der Waals surface area contributed by atoms with Crippen LogP contribution in [0.15, 0.2) is 36.4 Å². The highest BCUT2D eigenvalue weighted by Gasteiger charge is 1.94. The molecule has 66 valence electrons. The van der Waals surface area contributed by atoms with Crippen LogP contribution in [0.4, 0.5) is 11.4 Å². The number of hydrogen-bond acceptors (Lipinski definition) is 2. The lowest BCUT2D eigenvalue weighted by Gasteiger charge is -2.03. The van der Waals surface area contributed by atoms with Gasteiger partial charge in [0.15, 0.2) is 0 Å². The minimum Gasteiger partial charge on any atom is -0.399 e. The molecule has 0 amide bonds. The van der Waals surface area contributed by atoms with Gasteiger partial charge in [0.2, 0.25) is 0 Å². The highest BCUT2D eigenvalue weighted by atomic mass is 14.8. The van der Waals surface area contributed by atoms with Crippen LogP contribution in [0.5, 0.6) is 0 Å². The minimum absolute atomic E-state index is 0.806. The third kappa shape index (κ3) is 1.43. The first-order chi connectivity index (χ1) is 6.29. The topological polar surface area (TPSA) is 38.0 Å². The number of hydrogen-bond donors (Lipinski definition) is 2. The summed E-state index contributed by atoms with van der Waals surface area (Å²) in [6, 6.07) is 12.2. The first-order valence-electron chi connectivity index (χ1n) is 4.26. The molecule has 0 spiro atoms. The molecule has 0 fully saturated rings. The maximum Gasteiger partial charge on any atom is 0.0344 e. The van der Waals surface area contributed by atoms with Crippen LogP contribution in [0.2, 0.25) is 0 Å². The van der Waals surface area contributed by atoms with Crippen molar-refractivity contribution in [1.29, 1.82) is 0 Å². The fourth-order valence-corrected chi connectivity index (χ4v) is 1.42. The zero-order chi connectivity index (χ0) is 9.26. The number of nitrogens with two attached hydrogens (primary N) is 1. The Labute approximate surface area is 77.4 Å². The number of rotatable bonds is 1. The molecule has 0 saturated heterocycles. The summed E-state index contributed by atoms with van der Waals surface area (Å²) >= 11 is 0. The Morgan fingerprint density at radius 2 is 1.77 bits per heavy atom. The Morgan fingerprint density at radius 3 is 2.54 bits per heavy atom. The van der Waals surface area contributed by atoms with Crippen molar-refractivity contribution in [2.24, 2.45) is 0 Å². The van der Waals surface area contributed by atoms with E-state index in [1.807, 2.05) is 25.2 Å². The Kier molecular flexibility index (Phi) is 1.81. The number of anilines is 2. The van der Waals surface area contributed by atoms with Gasteiger partial charge in [-0.1, -0.05) is 12.1 Å². The van der Waals surface area contributed by atoms with E-state index >= 15 is 0 Å². The van der Waals surface area contributed by atoms with Crippen LogP contribution >= 0.6 is 0 Å². The molecule has 0 aliphatic heterocycles. The van der Waals surface area contributed by atoms with E-state index < -0.39 is 0 Å². The summed E-state index contributed by atoms with van der Waals surface area (Å²) in [6.45, 7) is 0. The molecule has 0 aliphatic carbocycles. The molecule has 2 rings (SSSR count). The molecule has 0 aromatic heterocycles. The van der Waals surface area contributed by atoms with Gasteiger partial charge in [-0.3, -0.25) is 0 Å². The molecule has 13 heavy (non-hydrogen) atoms. The van der Waals surface area contributed by atoms with Gasteiger partial charge in [-0.15, -0.1) is 0 Å². The summed E-state index contributed by atoms with van der Waals surface area (Å²) < 4.78 is 0. The van der Waals surface area contributed by atoms with Crippen LogP contribution in [0.3, 0.4) is 0 Å². The molecule has 3 N–H and O–H groups in total. The maximum atomic E-state index is 5.69. The standard InChI is InChI=1S/C11H12N2/c1-13-11-5-3-8-2-4-10(12)6-9(8)7-11/h2-7,13H,12H2,1H3. The molecule has 0 unspecified atom stereocenters. The Bertz CT molecular complexity index is 435. The molecule has 0 atom stereocenters. The summed E-state index contributed by atoms with van der Waals surface area (Å²) in [5.41, 5.74) is 7.61. The predicted octanol–water partition coefficient (Wildman–Crippen LogP) is 2.46. The van der Waals surface area contributed by atoms with Gasteiger partial charge in [-0.2, -0.15) is 0 Å². The molecular formula is C11H12N2. The lowest BCUT2D eigenvalue weighted by atomic mass is 10.1. The van der Waals surface area contributed by atoms with Crippen molar-refractivity contribution in [2.75, 3.05) is 18.1 Å². The first-order valence-corrected chi connectivity index (χ1v) is 4.26. The molecule has 0 heterocycles. The average Bonchev–Trinajstić information content (AvgIpc) is 2.16. The van der Waals surface area contributed by atoms with E-state index in [4.69, 9.17) is 5.73 Å². The highest BCUT2D eigenvalue weighted by Crippen LogP contribution is 2.20. The van der Waals surface area contributed by atoms with Crippen molar-refractivity contribution in [3.8, 4) is 0 Å². The normalized spacial score (nSPS) is 10.2. The smallest absolute Gasteiger partial charge is 0.0344 e. The molecular weight excluding hydrogens is 160 g/mol. The lowest BCUT2D eigenvalue weighted by molar-refractivity contribution is 1.53. The third-order valence-corrected chi connectivity index (χ3v) is 2.15. The van der Waals surface area contributed by atoms with Gasteiger partial charge in [0.1, 0.15) is 0 Å². The molecule has 0 aliphatic rings. The molecule has 0 radical (unpaired) electrons. The van der Waals surface area contributed by atoms with Gasteiger partial charge >= 0.3 is 0 Å². The summed E-state index contributed by atoms with van der Waals surface area (Å²) in [4.78, 5) is 0. The van der Waals surface area contributed by atoms with E-state index in [1.165, 1.54) is 10.8 Å². The largest absolute Gasteiger partial charge is 0.399 e. The highest BCUT2D eigenvalue weighted by molar-refractivity contribution is 5.88. The lowest BCUT2D eigenvalue weighted by Crippen LogP contribution is -1.88.